The van der Waals surface area contributed by atoms with Crippen molar-refractivity contribution in [2.24, 2.45) is 0 Å². The maximum absolute atomic E-state index is 6.01. The molecule has 3 aromatic rings. The summed E-state index contributed by atoms with van der Waals surface area (Å²) in [6.07, 6.45) is 0. The molecule has 2 aromatic heterocycles. The summed E-state index contributed by atoms with van der Waals surface area (Å²) in [5.74, 6) is 0.646. The highest BCUT2D eigenvalue weighted by atomic mass is 35.5. The monoisotopic (exact) mass is 278 g/mol. The molecular formula is C12H8Cl2N4. The van der Waals surface area contributed by atoms with Crippen LogP contribution in [0.2, 0.25) is 10.2 Å². The molecule has 0 amide bonds. The molecule has 0 aliphatic rings. The van der Waals surface area contributed by atoms with Crippen LogP contribution >= 0.6 is 23.2 Å². The number of hydrogen-bond acceptors (Lipinski definition) is 3. The van der Waals surface area contributed by atoms with Crippen LogP contribution in [0.5, 0.6) is 0 Å². The average molecular weight is 279 g/mol. The van der Waals surface area contributed by atoms with E-state index in [-0.39, 0.29) is 0 Å². The number of hydrogen-bond donors (Lipinski definition) is 0. The lowest BCUT2D eigenvalue weighted by molar-refractivity contribution is 0.936. The molecule has 2 heterocycles. The Bertz CT molecular complexity index is 736. The molecule has 0 N–H and O–H groups in total. The number of aryl methyl sites for hydroxylation is 1. The molecule has 0 saturated carbocycles. The van der Waals surface area contributed by atoms with Crippen molar-refractivity contribution in [3.63, 3.8) is 0 Å². The lowest BCUT2D eigenvalue weighted by Gasteiger charge is -2.02. The minimum absolute atomic E-state index is 0.397. The van der Waals surface area contributed by atoms with Gasteiger partial charge < -0.3 is 0 Å². The third-order valence-corrected chi connectivity index (χ3v) is 3.27. The fraction of sp³-hybridized carbons (Fsp3) is 0.0833. The first-order valence-electron chi connectivity index (χ1n) is 5.29. The Labute approximate surface area is 113 Å². The lowest BCUT2D eigenvalue weighted by atomic mass is 10.1. The van der Waals surface area contributed by atoms with E-state index in [1.54, 1.807) is 16.6 Å². The van der Waals surface area contributed by atoms with Gasteiger partial charge in [-0.3, -0.25) is 0 Å². The normalized spacial score (nSPS) is 11.1. The summed E-state index contributed by atoms with van der Waals surface area (Å²) in [6, 6.07) is 9.12. The van der Waals surface area contributed by atoms with Gasteiger partial charge in [-0.15, -0.1) is 10.2 Å². The largest absolute Gasteiger partial charge is 0.191 e. The summed E-state index contributed by atoms with van der Waals surface area (Å²) in [7, 11) is 0. The van der Waals surface area contributed by atoms with Gasteiger partial charge >= 0.3 is 0 Å². The van der Waals surface area contributed by atoms with Crippen molar-refractivity contribution in [3.8, 4) is 11.4 Å². The van der Waals surface area contributed by atoms with Crippen molar-refractivity contribution in [2.75, 3.05) is 0 Å². The van der Waals surface area contributed by atoms with Crippen LogP contribution in [0.1, 0.15) is 5.56 Å². The number of rotatable bonds is 1. The molecule has 0 aliphatic heterocycles. The third-order valence-electron chi connectivity index (χ3n) is 2.65. The highest BCUT2D eigenvalue weighted by Crippen LogP contribution is 2.23. The third kappa shape index (κ3) is 1.83. The molecule has 0 bridgehead atoms. The van der Waals surface area contributed by atoms with E-state index in [9.17, 15) is 0 Å². The first-order chi connectivity index (χ1) is 8.65. The van der Waals surface area contributed by atoms with Crippen LogP contribution in [0.15, 0.2) is 30.3 Å². The van der Waals surface area contributed by atoms with Crippen LogP contribution < -0.4 is 0 Å². The molecule has 0 radical (unpaired) electrons. The van der Waals surface area contributed by atoms with Crippen LogP contribution in [0.3, 0.4) is 0 Å². The van der Waals surface area contributed by atoms with E-state index in [1.807, 2.05) is 25.1 Å². The van der Waals surface area contributed by atoms with Gasteiger partial charge in [0.15, 0.2) is 11.5 Å². The molecule has 90 valence electrons. The summed E-state index contributed by atoms with van der Waals surface area (Å²) in [4.78, 5) is 0. The summed E-state index contributed by atoms with van der Waals surface area (Å²) < 4.78 is 1.62. The molecule has 0 saturated heterocycles. The quantitative estimate of drug-likeness (QED) is 0.685. The topological polar surface area (TPSA) is 43.1 Å². The number of benzene rings is 1. The van der Waals surface area contributed by atoms with Gasteiger partial charge in [0.05, 0.1) is 0 Å². The van der Waals surface area contributed by atoms with E-state index < -0.39 is 0 Å². The van der Waals surface area contributed by atoms with Crippen LogP contribution in [-0.2, 0) is 0 Å². The highest BCUT2D eigenvalue weighted by molar-refractivity contribution is 6.31. The van der Waals surface area contributed by atoms with Gasteiger partial charge in [0.2, 0.25) is 0 Å². The Morgan fingerprint density at radius 1 is 1.06 bits per heavy atom. The maximum Gasteiger partial charge on any atom is 0.185 e. The van der Waals surface area contributed by atoms with E-state index in [4.69, 9.17) is 23.2 Å². The zero-order chi connectivity index (χ0) is 12.7. The second-order valence-electron chi connectivity index (χ2n) is 3.91. The Kier molecular flexibility index (Phi) is 2.69. The van der Waals surface area contributed by atoms with Crippen LogP contribution in [0.25, 0.3) is 17.0 Å². The second-order valence-corrected chi connectivity index (χ2v) is 4.71. The first-order valence-corrected chi connectivity index (χ1v) is 6.05. The molecule has 3 rings (SSSR count). The van der Waals surface area contributed by atoms with Crippen LogP contribution in [0, 0.1) is 6.92 Å². The summed E-state index contributed by atoms with van der Waals surface area (Å²) in [5, 5.41) is 13.5. The maximum atomic E-state index is 6.01. The Morgan fingerprint density at radius 3 is 2.67 bits per heavy atom. The Hall–Kier alpha value is -1.65. The van der Waals surface area contributed by atoms with Crippen molar-refractivity contribution in [1.82, 2.24) is 19.8 Å². The van der Waals surface area contributed by atoms with Gasteiger partial charge in [0.1, 0.15) is 5.15 Å². The molecule has 4 nitrogen and oxygen atoms in total. The summed E-state index contributed by atoms with van der Waals surface area (Å²) in [5.41, 5.74) is 2.54. The summed E-state index contributed by atoms with van der Waals surface area (Å²) >= 11 is 11.9. The molecular weight excluding hydrogens is 271 g/mol. The molecule has 6 heteroatoms. The summed E-state index contributed by atoms with van der Waals surface area (Å²) in [6.45, 7) is 1.94. The predicted molar refractivity (Wildman–Crippen MR) is 71.0 cm³/mol. The molecule has 18 heavy (non-hydrogen) atoms. The minimum Gasteiger partial charge on any atom is -0.191 e. The fourth-order valence-electron chi connectivity index (χ4n) is 1.73. The smallest absolute Gasteiger partial charge is 0.185 e. The first kappa shape index (κ1) is 11.4. The molecule has 0 atom stereocenters. The van der Waals surface area contributed by atoms with Gasteiger partial charge in [-0.05, 0) is 42.8 Å². The van der Waals surface area contributed by atoms with E-state index in [0.717, 1.165) is 16.1 Å². The van der Waals surface area contributed by atoms with E-state index in [0.29, 0.717) is 16.6 Å². The highest BCUT2D eigenvalue weighted by Gasteiger charge is 2.10. The van der Waals surface area contributed by atoms with Crippen LogP contribution in [0.4, 0.5) is 0 Å². The van der Waals surface area contributed by atoms with Gasteiger partial charge in [0.25, 0.3) is 0 Å². The van der Waals surface area contributed by atoms with Crippen molar-refractivity contribution in [3.05, 3.63) is 46.1 Å². The molecule has 1 aromatic carbocycles. The molecule has 0 unspecified atom stereocenters. The van der Waals surface area contributed by atoms with Gasteiger partial charge in [-0.25, -0.2) is 0 Å². The number of fused-ring (bicyclic) bond motifs is 1. The SMILES string of the molecule is Cc1cc(-c2nnc3ccc(Cl)nn23)ccc1Cl. The van der Waals surface area contributed by atoms with Gasteiger partial charge in [-0.1, -0.05) is 23.2 Å². The van der Waals surface area contributed by atoms with E-state index in [1.165, 1.54) is 0 Å². The number of nitrogens with zero attached hydrogens (tertiary/aromatic N) is 4. The predicted octanol–water partition coefficient (Wildman–Crippen LogP) is 3.41. The Balaban J connectivity index is 2.24. The Morgan fingerprint density at radius 2 is 1.89 bits per heavy atom. The molecule has 0 spiro atoms. The number of halogens is 2. The average Bonchev–Trinajstić information content (AvgIpc) is 2.75. The van der Waals surface area contributed by atoms with Crippen LogP contribution in [-0.4, -0.2) is 19.8 Å². The zero-order valence-electron chi connectivity index (χ0n) is 9.43. The molecule has 0 fully saturated rings. The van der Waals surface area contributed by atoms with E-state index in [2.05, 4.69) is 15.3 Å². The minimum atomic E-state index is 0.397. The number of aromatic nitrogens is 4. The van der Waals surface area contributed by atoms with Crippen molar-refractivity contribution >= 4 is 28.8 Å². The second kappa shape index (κ2) is 4.23. The fourth-order valence-corrected chi connectivity index (χ4v) is 1.99. The van der Waals surface area contributed by atoms with Gasteiger partial charge in [0, 0.05) is 10.6 Å². The standard InChI is InChI=1S/C12H8Cl2N4/c1-7-6-8(2-3-9(7)13)12-16-15-11-5-4-10(14)17-18(11)12/h2-6H,1H3. The van der Waals surface area contributed by atoms with E-state index >= 15 is 0 Å². The zero-order valence-corrected chi connectivity index (χ0v) is 10.9. The molecule has 0 aliphatic carbocycles. The van der Waals surface area contributed by atoms with Crippen molar-refractivity contribution < 1.29 is 0 Å². The van der Waals surface area contributed by atoms with Crippen molar-refractivity contribution in [1.29, 1.82) is 0 Å². The van der Waals surface area contributed by atoms with Gasteiger partial charge in [-0.2, -0.15) is 9.61 Å². The van der Waals surface area contributed by atoms with Crippen molar-refractivity contribution in [2.45, 2.75) is 6.92 Å². The lowest BCUT2D eigenvalue weighted by Crippen LogP contribution is -1.95.